The predicted molar refractivity (Wildman–Crippen MR) is 96.6 cm³/mol. The number of carboxylic acids is 1. The van der Waals surface area contributed by atoms with Gasteiger partial charge in [-0.3, -0.25) is 4.79 Å². The van der Waals surface area contributed by atoms with Gasteiger partial charge in [-0.15, -0.1) is 0 Å². The maximum atomic E-state index is 12.7. The molecule has 3 aliphatic rings. The Kier molecular flexibility index (Phi) is 4.26. The standard InChI is InChI=1S/C20H22O5S/c21-15-5-1-12(9-15)10-18(20(22)23)14-4-8-19(17(11-14)13-2-3-13)26(24,25)16-6-7-16/h4,8,10-13,16H,1-3,5-7,9H2,(H,22,23)/t12-/m1/s1. The lowest BCUT2D eigenvalue weighted by Crippen LogP contribution is -2.11. The number of carbonyl (C=O) groups excluding carboxylic acids is 1. The molecule has 1 aromatic rings. The summed E-state index contributed by atoms with van der Waals surface area (Å²) in [5.41, 5.74) is 1.47. The van der Waals surface area contributed by atoms with Crippen LogP contribution in [0.3, 0.4) is 0 Å². The SMILES string of the molecule is O=C1CC[C@@H](C=C(C(=O)O)c2ccc(S(=O)(=O)C3CC3)c(C3CC3)c2)C1. The summed E-state index contributed by atoms with van der Waals surface area (Å²) in [6, 6.07) is 4.95. The van der Waals surface area contributed by atoms with Crippen LogP contribution in [0.5, 0.6) is 0 Å². The minimum absolute atomic E-state index is 0.0483. The molecule has 3 fully saturated rings. The van der Waals surface area contributed by atoms with Gasteiger partial charge in [0, 0.05) is 12.8 Å². The third-order valence-electron chi connectivity index (χ3n) is 5.52. The molecule has 1 aromatic carbocycles. The fraction of sp³-hybridized carbons (Fsp3) is 0.500. The zero-order chi connectivity index (χ0) is 18.5. The van der Waals surface area contributed by atoms with Crippen molar-refractivity contribution in [1.29, 1.82) is 0 Å². The van der Waals surface area contributed by atoms with E-state index in [1.807, 2.05) is 0 Å². The molecule has 0 aromatic heterocycles. The van der Waals surface area contributed by atoms with E-state index in [1.54, 1.807) is 24.3 Å². The molecule has 4 rings (SSSR count). The number of carbonyl (C=O) groups is 2. The minimum atomic E-state index is -3.31. The van der Waals surface area contributed by atoms with E-state index in [2.05, 4.69) is 0 Å². The first-order valence-corrected chi connectivity index (χ1v) is 10.8. The number of hydrogen-bond acceptors (Lipinski definition) is 4. The zero-order valence-electron chi connectivity index (χ0n) is 14.5. The molecule has 0 heterocycles. The number of sulfone groups is 1. The molecule has 138 valence electrons. The third kappa shape index (κ3) is 3.34. The number of ketones is 1. The molecule has 1 atom stereocenters. The quantitative estimate of drug-likeness (QED) is 0.772. The maximum Gasteiger partial charge on any atom is 0.335 e. The Hall–Kier alpha value is -1.95. The van der Waals surface area contributed by atoms with Crippen molar-refractivity contribution in [3.8, 4) is 0 Å². The van der Waals surface area contributed by atoms with Crippen molar-refractivity contribution in [2.75, 3.05) is 0 Å². The Balaban J connectivity index is 1.74. The Morgan fingerprint density at radius 2 is 1.85 bits per heavy atom. The first-order chi connectivity index (χ1) is 12.4. The average Bonchev–Trinajstić information content (AvgIpc) is 3.49. The lowest BCUT2D eigenvalue weighted by molar-refractivity contribution is -0.130. The smallest absolute Gasteiger partial charge is 0.335 e. The number of rotatable bonds is 6. The van der Waals surface area contributed by atoms with Crippen molar-refractivity contribution in [2.24, 2.45) is 5.92 Å². The zero-order valence-corrected chi connectivity index (χ0v) is 15.3. The summed E-state index contributed by atoms with van der Waals surface area (Å²) in [4.78, 5) is 23.7. The van der Waals surface area contributed by atoms with E-state index in [9.17, 15) is 23.1 Å². The molecule has 6 heteroatoms. The average molecular weight is 374 g/mol. The van der Waals surface area contributed by atoms with E-state index in [4.69, 9.17) is 0 Å². The Labute approximate surface area is 153 Å². The largest absolute Gasteiger partial charge is 0.478 e. The Morgan fingerprint density at radius 1 is 1.12 bits per heavy atom. The number of aliphatic carboxylic acids is 1. The number of hydrogen-bond donors (Lipinski definition) is 1. The highest BCUT2D eigenvalue weighted by atomic mass is 32.2. The summed E-state index contributed by atoms with van der Waals surface area (Å²) in [7, 11) is -3.31. The van der Waals surface area contributed by atoms with Gasteiger partial charge in [-0.2, -0.15) is 0 Å². The molecule has 1 N–H and O–H groups in total. The Bertz CT molecular complexity index is 904. The molecule has 0 unspecified atom stereocenters. The van der Waals surface area contributed by atoms with E-state index >= 15 is 0 Å². The van der Waals surface area contributed by atoms with Gasteiger partial charge >= 0.3 is 5.97 Å². The van der Waals surface area contributed by atoms with Crippen molar-refractivity contribution >= 4 is 27.2 Å². The second kappa shape index (κ2) is 6.34. The van der Waals surface area contributed by atoms with E-state index in [1.165, 1.54) is 0 Å². The van der Waals surface area contributed by atoms with Gasteiger partial charge in [0.25, 0.3) is 0 Å². The van der Waals surface area contributed by atoms with Crippen molar-refractivity contribution in [3.63, 3.8) is 0 Å². The van der Waals surface area contributed by atoms with Crippen LogP contribution in [0, 0.1) is 5.92 Å². The van der Waals surface area contributed by atoms with Gasteiger partial charge in [-0.05, 0) is 67.2 Å². The second-order valence-electron chi connectivity index (χ2n) is 7.70. The van der Waals surface area contributed by atoms with Gasteiger partial charge in [-0.1, -0.05) is 12.1 Å². The lowest BCUT2D eigenvalue weighted by Gasteiger charge is -2.13. The normalized spacial score (nSPS) is 24.1. The number of Topliss-reactive ketones (excluding diaryl/α,β-unsaturated/α-hetero) is 1. The van der Waals surface area contributed by atoms with Gasteiger partial charge < -0.3 is 5.11 Å². The summed E-state index contributed by atoms with van der Waals surface area (Å²) >= 11 is 0. The van der Waals surface area contributed by atoms with Gasteiger partial charge in [0.2, 0.25) is 0 Å². The van der Waals surface area contributed by atoms with Crippen LogP contribution in [-0.2, 0) is 19.4 Å². The van der Waals surface area contributed by atoms with Gasteiger partial charge in [0.15, 0.2) is 9.84 Å². The first-order valence-electron chi connectivity index (χ1n) is 9.21. The molecule has 0 saturated heterocycles. The fourth-order valence-corrected chi connectivity index (χ4v) is 5.69. The van der Waals surface area contributed by atoms with Crippen molar-refractivity contribution in [1.82, 2.24) is 0 Å². The molecule has 3 aliphatic carbocycles. The van der Waals surface area contributed by atoms with E-state index in [-0.39, 0.29) is 28.4 Å². The molecule has 26 heavy (non-hydrogen) atoms. The molecule has 0 spiro atoms. The maximum absolute atomic E-state index is 12.7. The highest BCUT2D eigenvalue weighted by Gasteiger charge is 2.40. The topological polar surface area (TPSA) is 88.5 Å². The highest BCUT2D eigenvalue weighted by Crippen LogP contribution is 2.46. The monoisotopic (exact) mass is 374 g/mol. The van der Waals surface area contributed by atoms with Gasteiger partial charge in [-0.25, -0.2) is 13.2 Å². The van der Waals surface area contributed by atoms with Crippen LogP contribution in [0.4, 0.5) is 0 Å². The summed E-state index contributed by atoms with van der Waals surface area (Å²) in [5.74, 6) is -0.709. The van der Waals surface area contributed by atoms with Crippen LogP contribution in [0.25, 0.3) is 5.57 Å². The molecular formula is C20H22O5S. The summed E-state index contributed by atoms with van der Waals surface area (Å²) < 4.78 is 25.4. The predicted octanol–water partition coefficient (Wildman–Crippen LogP) is 3.34. The fourth-order valence-electron chi connectivity index (χ4n) is 3.76. The molecule has 0 radical (unpaired) electrons. The number of allylic oxidation sites excluding steroid dienone is 1. The van der Waals surface area contributed by atoms with Crippen molar-refractivity contribution in [2.45, 2.75) is 61.0 Å². The highest BCUT2D eigenvalue weighted by molar-refractivity contribution is 7.92. The minimum Gasteiger partial charge on any atom is -0.478 e. The molecule has 0 aliphatic heterocycles. The second-order valence-corrected chi connectivity index (χ2v) is 9.89. The number of benzene rings is 1. The van der Waals surface area contributed by atoms with E-state index in [0.29, 0.717) is 42.6 Å². The molecule has 0 amide bonds. The summed E-state index contributed by atoms with van der Waals surface area (Å²) in [5, 5.41) is 9.38. The van der Waals surface area contributed by atoms with Crippen LogP contribution in [0.1, 0.15) is 62.0 Å². The Morgan fingerprint density at radius 3 is 2.38 bits per heavy atom. The first kappa shape index (κ1) is 17.5. The number of carboxylic acid groups (broad SMARTS) is 1. The van der Waals surface area contributed by atoms with Gasteiger partial charge in [0.05, 0.1) is 15.7 Å². The lowest BCUT2D eigenvalue weighted by atomic mass is 9.96. The van der Waals surface area contributed by atoms with Crippen molar-refractivity contribution in [3.05, 3.63) is 35.4 Å². The molecule has 3 saturated carbocycles. The third-order valence-corrected chi connectivity index (χ3v) is 7.86. The van der Waals surface area contributed by atoms with Crippen LogP contribution in [-0.4, -0.2) is 30.5 Å². The van der Waals surface area contributed by atoms with E-state index in [0.717, 1.165) is 18.4 Å². The van der Waals surface area contributed by atoms with Crippen LogP contribution < -0.4 is 0 Å². The summed E-state index contributed by atoms with van der Waals surface area (Å²) in [6.07, 6.45) is 6.56. The summed E-state index contributed by atoms with van der Waals surface area (Å²) in [6.45, 7) is 0. The van der Waals surface area contributed by atoms with Gasteiger partial charge in [0.1, 0.15) is 5.78 Å². The van der Waals surface area contributed by atoms with Crippen LogP contribution in [0.15, 0.2) is 29.2 Å². The van der Waals surface area contributed by atoms with E-state index < -0.39 is 15.8 Å². The molecular weight excluding hydrogens is 352 g/mol. The molecule has 0 bridgehead atoms. The van der Waals surface area contributed by atoms with Crippen LogP contribution >= 0.6 is 0 Å². The van der Waals surface area contributed by atoms with Crippen LogP contribution in [0.2, 0.25) is 0 Å². The van der Waals surface area contributed by atoms with Crippen molar-refractivity contribution < 1.29 is 23.1 Å². The molecule has 5 nitrogen and oxygen atoms in total.